The second kappa shape index (κ2) is 11.6. The van der Waals surface area contributed by atoms with E-state index >= 15 is 0 Å². The van der Waals surface area contributed by atoms with Gasteiger partial charge >= 0.3 is 6.18 Å². The molecule has 39 heavy (non-hydrogen) atoms. The minimum Gasteiger partial charge on any atom is -0.495 e. The smallest absolute Gasteiger partial charge is 0.416 e. The average molecular weight is 561 g/mol. The fourth-order valence-electron chi connectivity index (χ4n) is 3.56. The van der Waals surface area contributed by atoms with E-state index in [-0.39, 0.29) is 28.8 Å². The molecule has 1 N–H and O–H groups in total. The van der Waals surface area contributed by atoms with Gasteiger partial charge in [-0.25, -0.2) is 4.39 Å². The van der Waals surface area contributed by atoms with E-state index in [0.717, 1.165) is 12.1 Å². The van der Waals surface area contributed by atoms with Gasteiger partial charge in [-0.2, -0.15) is 13.2 Å². The topological polar surface area (TPSA) is 84.9 Å². The number of hydrogen-bond donors (Lipinski definition) is 1. The molecule has 3 aromatic rings. The highest BCUT2D eigenvalue weighted by Crippen LogP contribution is 2.36. The van der Waals surface area contributed by atoms with Crippen LogP contribution < -0.4 is 14.8 Å². The van der Waals surface area contributed by atoms with Crippen LogP contribution in [0.5, 0.6) is 11.5 Å². The van der Waals surface area contributed by atoms with E-state index < -0.39 is 35.3 Å². The van der Waals surface area contributed by atoms with Gasteiger partial charge in [0, 0.05) is 0 Å². The molecule has 1 aliphatic heterocycles. The lowest BCUT2D eigenvalue weighted by Crippen LogP contribution is -2.36. The van der Waals surface area contributed by atoms with Gasteiger partial charge in [0.1, 0.15) is 30.5 Å². The average Bonchev–Trinajstić information content (AvgIpc) is 3.15. The number of benzene rings is 3. The lowest BCUT2D eigenvalue weighted by atomic mass is 10.1. The lowest BCUT2D eigenvalue weighted by molar-refractivity contribution is -0.137. The van der Waals surface area contributed by atoms with E-state index in [9.17, 15) is 31.9 Å². The van der Waals surface area contributed by atoms with Crippen LogP contribution in [0, 0.1) is 5.82 Å². The summed E-state index contributed by atoms with van der Waals surface area (Å²) in [5, 5.41) is 1.56. The summed E-state index contributed by atoms with van der Waals surface area (Å²) in [7, 11) is 1.22. The van der Waals surface area contributed by atoms with Crippen LogP contribution in [-0.4, -0.2) is 35.6 Å². The summed E-state index contributed by atoms with van der Waals surface area (Å²) in [5.41, 5.74) is -0.0160. The maximum absolute atomic E-state index is 13.3. The van der Waals surface area contributed by atoms with E-state index in [1.807, 2.05) is 0 Å². The first-order valence-corrected chi connectivity index (χ1v) is 12.1. The standard InChI is InChI=1S/C27H20F4N2O5S/c1-37-22-10-7-18(27(29,30)31)13-21(22)32-24(34)14-33-25(35)23(39-26(33)36)12-16-5-8-20(9-6-16)38-15-17-3-2-4-19(28)11-17/h2-13H,14-15H2,1H3,(H,32,34)/b23-12-. The Morgan fingerprint density at radius 1 is 1.05 bits per heavy atom. The van der Waals surface area contributed by atoms with E-state index in [0.29, 0.717) is 39.6 Å². The van der Waals surface area contributed by atoms with Crippen molar-refractivity contribution >= 4 is 40.6 Å². The molecule has 0 bridgehead atoms. The third-order valence-electron chi connectivity index (χ3n) is 5.45. The largest absolute Gasteiger partial charge is 0.495 e. The van der Waals surface area contributed by atoms with Crippen LogP contribution in [0.15, 0.2) is 71.6 Å². The van der Waals surface area contributed by atoms with Gasteiger partial charge in [-0.1, -0.05) is 24.3 Å². The molecule has 1 fully saturated rings. The highest BCUT2D eigenvalue weighted by atomic mass is 32.2. The third-order valence-corrected chi connectivity index (χ3v) is 6.36. The van der Waals surface area contributed by atoms with Crippen LogP contribution >= 0.6 is 11.8 Å². The van der Waals surface area contributed by atoms with E-state index in [4.69, 9.17) is 9.47 Å². The summed E-state index contributed by atoms with van der Waals surface area (Å²) in [4.78, 5) is 38.5. The van der Waals surface area contributed by atoms with Crippen molar-refractivity contribution in [3.8, 4) is 11.5 Å². The van der Waals surface area contributed by atoms with Crippen molar-refractivity contribution < 1.29 is 41.4 Å². The molecule has 202 valence electrons. The van der Waals surface area contributed by atoms with Crippen molar-refractivity contribution in [3.63, 3.8) is 0 Å². The number of alkyl halides is 3. The Hall–Kier alpha value is -4.32. The second-order valence-electron chi connectivity index (χ2n) is 8.22. The van der Waals surface area contributed by atoms with Gasteiger partial charge in [0.2, 0.25) is 5.91 Å². The number of nitrogens with zero attached hydrogens (tertiary/aromatic N) is 1. The number of hydrogen-bond acceptors (Lipinski definition) is 6. The van der Waals surface area contributed by atoms with Gasteiger partial charge < -0.3 is 14.8 Å². The molecule has 0 aliphatic carbocycles. The lowest BCUT2D eigenvalue weighted by Gasteiger charge is -2.16. The summed E-state index contributed by atoms with van der Waals surface area (Å²) in [6.45, 7) is -0.543. The zero-order valence-electron chi connectivity index (χ0n) is 20.3. The molecule has 0 spiro atoms. The van der Waals surface area contributed by atoms with Gasteiger partial charge in [0.15, 0.2) is 0 Å². The zero-order chi connectivity index (χ0) is 28.2. The Balaban J connectivity index is 1.39. The highest BCUT2D eigenvalue weighted by molar-refractivity contribution is 8.18. The molecule has 4 rings (SSSR count). The monoisotopic (exact) mass is 560 g/mol. The van der Waals surface area contributed by atoms with Crippen molar-refractivity contribution in [2.24, 2.45) is 0 Å². The Labute approximate surface area is 224 Å². The Morgan fingerprint density at radius 2 is 1.79 bits per heavy atom. The van der Waals surface area contributed by atoms with E-state index in [1.165, 1.54) is 25.3 Å². The number of carbonyl (C=O) groups excluding carboxylic acids is 3. The van der Waals surface area contributed by atoms with Crippen molar-refractivity contribution in [1.82, 2.24) is 4.90 Å². The van der Waals surface area contributed by atoms with Gasteiger partial charge in [-0.3, -0.25) is 19.3 Å². The highest BCUT2D eigenvalue weighted by Gasteiger charge is 2.37. The maximum atomic E-state index is 13.3. The second-order valence-corrected chi connectivity index (χ2v) is 9.21. The molecule has 1 saturated heterocycles. The number of amides is 3. The number of nitrogens with one attached hydrogen (secondary N) is 1. The maximum Gasteiger partial charge on any atom is 0.416 e. The fraction of sp³-hybridized carbons (Fsp3) is 0.148. The van der Waals surface area contributed by atoms with Crippen LogP contribution in [0.3, 0.4) is 0 Å². The number of methoxy groups -OCH3 is 1. The first kappa shape index (κ1) is 27.7. The summed E-state index contributed by atoms with van der Waals surface area (Å²) >= 11 is 0.630. The van der Waals surface area contributed by atoms with E-state index in [2.05, 4.69) is 5.32 Å². The molecule has 3 amide bonds. The molecule has 0 aromatic heterocycles. The third kappa shape index (κ3) is 6.96. The molecule has 1 heterocycles. The molecule has 1 aliphatic rings. The molecular formula is C27H20F4N2O5S. The molecule has 7 nitrogen and oxygen atoms in total. The van der Waals surface area contributed by atoms with Gasteiger partial charge in [0.05, 0.1) is 23.3 Å². The summed E-state index contributed by atoms with van der Waals surface area (Å²) in [5.74, 6) is -1.48. The van der Waals surface area contributed by atoms with E-state index in [1.54, 1.807) is 36.4 Å². The quantitative estimate of drug-likeness (QED) is 0.265. The normalized spacial score (nSPS) is 14.6. The zero-order valence-corrected chi connectivity index (χ0v) is 21.1. The Bertz CT molecular complexity index is 1440. The number of imide groups is 1. The summed E-state index contributed by atoms with van der Waals surface area (Å²) < 4.78 is 63.1. The van der Waals surface area contributed by atoms with Crippen LogP contribution in [0.2, 0.25) is 0 Å². The number of rotatable bonds is 8. The number of ether oxygens (including phenoxy) is 2. The van der Waals surface area contributed by atoms with Crippen LogP contribution in [0.25, 0.3) is 6.08 Å². The first-order valence-electron chi connectivity index (χ1n) is 11.3. The summed E-state index contributed by atoms with van der Waals surface area (Å²) in [6, 6.07) is 15.2. The molecule has 0 saturated carbocycles. The van der Waals surface area contributed by atoms with Crippen molar-refractivity contribution in [2.45, 2.75) is 12.8 Å². The first-order chi connectivity index (χ1) is 18.5. The molecule has 0 unspecified atom stereocenters. The molecule has 0 atom stereocenters. The molecule has 0 radical (unpaired) electrons. The van der Waals surface area contributed by atoms with Crippen LogP contribution in [0.4, 0.5) is 28.0 Å². The van der Waals surface area contributed by atoms with Crippen LogP contribution in [-0.2, 0) is 22.4 Å². The van der Waals surface area contributed by atoms with Crippen LogP contribution in [0.1, 0.15) is 16.7 Å². The number of anilines is 1. The Kier molecular flexibility index (Phi) is 8.24. The number of thioether (sulfide) groups is 1. The number of carbonyl (C=O) groups is 3. The summed E-state index contributed by atoms with van der Waals surface area (Å²) in [6.07, 6.45) is -3.18. The van der Waals surface area contributed by atoms with Gasteiger partial charge in [-0.15, -0.1) is 0 Å². The fourth-order valence-corrected chi connectivity index (χ4v) is 4.39. The number of halogens is 4. The predicted molar refractivity (Wildman–Crippen MR) is 136 cm³/mol. The van der Waals surface area contributed by atoms with Crippen molar-refractivity contribution in [3.05, 3.63) is 94.1 Å². The van der Waals surface area contributed by atoms with Gasteiger partial charge in [0.25, 0.3) is 11.1 Å². The molecule has 12 heteroatoms. The van der Waals surface area contributed by atoms with Gasteiger partial charge in [-0.05, 0) is 71.4 Å². The van der Waals surface area contributed by atoms with Crippen molar-refractivity contribution in [2.75, 3.05) is 19.0 Å². The van der Waals surface area contributed by atoms with Crippen molar-refractivity contribution in [1.29, 1.82) is 0 Å². The minimum atomic E-state index is -4.64. The molecule has 3 aromatic carbocycles. The Morgan fingerprint density at radius 3 is 2.46 bits per heavy atom. The minimum absolute atomic E-state index is 0.0197. The predicted octanol–water partition coefficient (Wildman–Crippen LogP) is 6.11. The molecular weight excluding hydrogens is 540 g/mol. The SMILES string of the molecule is COc1ccc(C(F)(F)F)cc1NC(=O)CN1C(=O)S/C(=C\c2ccc(OCc3cccc(F)c3)cc2)C1=O.